The van der Waals surface area contributed by atoms with Gasteiger partial charge in [0, 0.05) is 0 Å². The third-order valence-corrected chi connectivity index (χ3v) is 1.83. The van der Waals surface area contributed by atoms with Crippen LogP contribution in [0.2, 0.25) is 0 Å². The number of carbonyl (C=O) groups excluding carboxylic acids is 1. The Labute approximate surface area is 72.6 Å². The number of carbonyl (C=O) groups is 1. The molecule has 0 saturated carbocycles. The fraction of sp³-hybridized carbons (Fsp3) is 0.300. The molecule has 1 N–H and O–H groups in total. The van der Waals surface area contributed by atoms with Crippen molar-refractivity contribution >= 4 is 5.78 Å². The lowest BCUT2D eigenvalue weighted by Gasteiger charge is -2.12. The van der Waals surface area contributed by atoms with Gasteiger partial charge in [-0.1, -0.05) is 30.3 Å². The smallest absolute Gasteiger partial charge is 0.151 e. The van der Waals surface area contributed by atoms with Crippen LogP contribution in [0.4, 0.5) is 0 Å². The first-order chi connectivity index (χ1) is 5.75. The van der Waals surface area contributed by atoms with Gasteiger partial charge in [0.15, 0.2) is 5.78 Å². The second-order valence-corrected chi connectivity index (χ2v) is 2.74. The van der Waals surface area contributed by atoms with Crippen molar-refractivity contribution < 1.29 is 4.79 Å². The lowest BCUT2D eigenvalue weighted by Crippen LogP contribution is -2.22. The molecule has 0 amide bonds. The number of rotatable bonds is 3. The lowest BCUT2D eigenvalue weighted by molar-refractivity contribution is -0.119. The summed E-state index contributed by atoms with van der Waals surface area (Å²) in [5, 5.41) is 2.97. The maximum Gasteiger partial charge on any atom is 0.151 e. The largest absolute Gasteiger partial charge is 0.307 e. The van der Waals surface area contributed by atoms with E-state index in [9.17, 15) is 4.79 Å². The fourth-order valence-electron chi connectivity index (χ4n) is 1.25. The molecule has 0 fully saturated rings. The van der Waals surface area contributed by atoms with Crippen molar-refractivity contribution in [3.8, 4) is 0 Å². The molecule has 0 bridgehead atoms. The highest BCUT2D eigenvalue weighted by Gasteiger charge is 2.12. The van der Waals surface area contributed by atoms with Crippen molar-refractivity contribution in [3.05, 3.63) is 35.9 Å². The highest BCUT2D eigenvalue weighted by Crippen LogP contribution is 2.11. The fourth-order valence-corrected chi connectivity index (χ4v) is 1.25. The van der Waals surface area contributed by atoms with Gasteiger partial charge in [-0.25, -0.2) is 0 Å². The molecule has 0 aromatic heterocycles. The predicted octanol–water partition coefficient (Wildman–Crippen LogP) is 1.54. The molecule has 1 atom stereocenters. The van der Waals surface area contributed by atoms with Crippen LogP contribution in [0.15, 0.2) is 30.3 Å². The number of benzene rings is 1. The summed E-state index contributed by atoms with van der Waals surface area (Å²) in [7, 11) is 1.79. The summed E-state index contributed by atoms with van der Waals surface area (Å²) in [5.74, 6) is 0.142. The average molecular weight is 163 g/mol. The highest BCUT2D eigenvalue weighted by atomic mass is 16.1. The first-order valence-corrected chi connectivity index (χ1v) is 3.98. The average Bonchev–Trinajstić information content (AvgIpc) is 2.07. The first kappa shape index (κ1) is 8.94. The van der Waals surface area contributed by atoms with Crippen LogP contribution in [0.1, 0.15) is 18.5 Å². The second kappa shape index (κ2) is 4.02. The number of Topliss-reactive ketones (excluding diaryl/α,β-unsaturated/α-hetero) is 1. The van der Waals surface area contributed by atoms with Crippen LogP contribution < -0.4 is 5.32 Å². The maximum atomic E-state index is 11.1. The molecule has 0 aliphatic rings. The Morgan fingerprint density at radius 1 is 1.33 bits per heavy atom. The van der Waals surface area contributed by atoms with Crippen LogP contribution in [0, 0.1) is 0 Å². The molecule has 1 aromatic carbocycles. The molecular weight excluding hydrogens is 150 g/mol. The van der Waals surface area contributed by atoms with E-state index in [1.807, 2.05) is 30.3 Å². The molecule has 0 radical (unpaired) electrons. The van der Waals surface area contributed by atoms with Crippen LogP contribution in [0.5, 0.6) is 0 Å². The van der Waals surface area contributed by atoms with E-state index in [1.165, 1.54) is 0 Å². The van der Waals surface area contributed by atoms with Crippen LogP contribution in [-0.2, 0) is 4.79 Å². The summed E-state index contributed by atoms with van der Waals surface area (Å²) in [5.41, 5.74) is 1.02. The van der Waals surface area contributed by atoms with Crippen molar-refractivity contribution in [1.29, 1.82) is 0 Å². The second-order valence-electron chi connectivity index (χ2n) is 2.74. The van der Waals surface area contributed by atoms with Gasteiger partial charge in [-0.15, -0.1) is 0 Å². The van der Waals surface area contributed by atoms with E-state index < -0.39 is 0 Å². The summed E-state index contributed by atoms with van der Waals surface area (Å²) in [6, 6.07) is 9.54. The number of ketones is 1. The van der Waals surface area contributed by atoms with E-state index in [-0.39, 0.29) is 11.8 Å². The van der Waals surface area contributed by atoms with Crippen LogP contribution in [0.3, 0.4) is 0 Å². The first-order valence-electron chi connectivity index (χ1n) is 3.98. The zero-order valence-corrected chi connectivity index (χ0v) is 7.37. The zero-order valence-electron chi connectivity index (χ0n) is 7.37. The molecule has 1 rings (SSSR count). The standard InChI is InChI=1S/C10H13NO/c1-8(12)10(11-2)9-6-4-3-5-7-9/h3-7,10-11H,1-2H3/t10-/m0/s1. The minimum Gasteiger partial charge on any atom is -0.307 e. The SMILES string of the molecule is CN[C@@H](C(C)=O)c1ccccc1. The summed E-state index contributed by atoms with van der Waals surface area (Å²) in [6.07, 6.45) is 0. The molecule has 0 aliphatic carbocycles. The van der Waals surface area contributed by atoms with Gasteiger partial charge < -0.3 is 5.32 Å². The minimum atomic E-state index is -0.161. The van der Waals surface area contributed by atoms with E-state index >= 15 is 0 Å². The van der Waals surface area contributed by atoms with Gasteiger partial charge in [0.1, 0.15) is 0 Å². The molecule has 0 heterocycles. The summed E-state index contributed by atoms with van der Waals surface area (Å²) in [6.45, 7) is 1.59. The lowest BCUT2D eigenvalue weighted by atomic mass is 10.0. The van der Waals surface area contributed by atoms with Gasteiger partial charge in [0.2, 0.25) is 0 Å². The summed E-state index contributed by atoms with van der Waals surface area (Å²) < 4.78 is 0. The topological polar surface area (TPSA) is 29.1 Å². The quantitative estimate of drug-likeness (QED) is 0.732. The van der Waals surface area contributed by atoms with Crippen LogP contribution in [0.25, 0.3) is 0 Å². The number of nitrogens with one attached hydrogen (secondary N) is 1. The Bertz CT molecular complexity index is 256. The molecule has 2 nitrogen and oxygen atoms in total. The summed E-state index contributed by atoms with van der Waals surface area (Å²) >= 11 is 0. The molecular formula is C10H13NO. The molecule has 64 valence electrons. The molecule has 1 aromatic rings. The Morgan fingerprint density at radius 3 is 2.33 bits per heavy atom. The van der Waals surface area contributed by atoms with Crippen molar-refractivity contribution in [2.75, 3.05) is 7.05 Å². The van der Waals surface area contributed by atoms with E-state index in [1.54, 1.807) is 14.0 Å². The van der Waals surface area contributed by atoms with E-state index in [2.05, 4.69) is 5.32 Å². The molecule has 2 heteroatoms. The van der Waals surface area contributed by atoms with Gasteiger partial charge in [-0.3, -0.25) is 4.79 Å². The van der Waals surface area contributed by atoms with E-state index in [0.717, 1.165) is 5.56 Å². The van der Waals surface area contributed by atoms with E-state index in [4.69, 9.17) is 0 Å². The minimum absolute atomic E-state index is 0.142. The Kier molecular flexibility index (Phi) is 3.00. The Morgan fingerprint density at radius 2 is 1.92 bits per heavy atom. The number of hydrogen-bond acceptors (Lipinski definition) is 2. The summed E-state index contributed by atoms with van der Waals surface area (Å²) in [4.78, 5) is 11.1. The van der Waals surface area contributed by atoms with Gasteiger partial charge in [0.25, 0.3) is 0 Å². The van der Waals surface area contributed by atoms with Gasteiger partial charge in [0.05, 0.1) is 6.04 Å². The molecule has 12 heavy (non-hydrogen) atoms. The third kappa shape index (κ3) is 1.92. The van der Waals surface area contributed by atoms with Crippen molar-refractivity contribution in [2.24, 2.45) is 0 Å². The van der Waals surface area contributed by atoms with Crippen molar-refractivity contribution in [2.45, 2.75) is 13.0 Å². The predicted molar refractivity (Wildman–Crippen MR) is 48.9 cm³/mol. The Hall–Kier alpha value is -1.15. The highest BCUT2D eigenvalue weighted by molar-refractivity contribution is 5.82. The third-order valence-electron chi connectivity index (χ3n) is 1.83. The van der Waals surface area contributed by atoms with Gasteiger partial charge in [-0.2, -0.15) is 0 Å². The monoisotopic (exact) mass is 163 g/mol. The van der Waals surface area contributed by atoms with Crippen LogP contribution >= 0.6 is 0 Å². The Balaban J connectivity index is 2.88. The zero-order chi connectivity index (χ0) is 8.97. The normalized spacial score (nSPS) is 12.5. The molecule has 0 aliphatic heterocycles. The molecule has 0 spiro atoms. The molecule has 0 unspecified atom stereocenters. The number of hydrogen-bond donors (Lipinski definition) is 1. The van der Waals surface area contributed by atoms with Crippen molar-refractivity contribution in [1.82, 2.24) is 5.32 Å². The van der Waals surface area contributed by atoms with Gasteiger partial charge >= 0.3 is 0 Å². The van der Waals surface area contributed by atoms with Crippen LogP contribution in [-0.4, -0.2) is 12.8 Å². The van der Waals surface area contributed by atoms with E-state index in [0.29, 0.717) is 0 Å². The van der Waals surface area contributed by atoms with Crippen molar-refractivity contribution in [3.63, 3.8) is 0 Å². The number of likely N-dealkylation sites (N-methyl/N-ethyl adjacent to an activating group) is 1. The molecule has 0 saturated heterocycles. The van der Waals surface area contributed by atoms with Gasteiger partial charge in [-0.05, 0) is 19.5 Å². The maximum absolute atomic E-state index is 11.1.